The van der Waals surface area contributed by atoms with Crippen molar-refractivity contribution < 1.29 is 14.1 Å². The molecule has 1 aromatic heterocycles. The molecule has 1 heterocycles. The molecule has 0 bridgehead atoms. The van der Waals surface area contributed by atoms with Crippen LogP contribution in [-0.4, -0.2) is 22.5 Å². The van der Waals surface area contributed by atoms with Gasteiger partial charge in [-0.05, 0) is 20.8 Å². The van der Waals surface area contributed by atoms with Crippen LogP contribution in [0.4, 0.5) is 0 Å². The van der Waals surface area contributed by atoms with Crippen LogP contribution in [0.1, 0.15) is 38.4 Å². The molecule has 1 rings (SSSR count). The Bertz CT molecular complexity index is 309. The number of aromatic nitrogens is 2. The van der Waals surface area contributed by atoms with Crippen LogP contribution in [0.15, 0.2) is 4.52 Å². The molecule has 0 fully saturated rings. The monoisotopic (exact) mass is 198 g/mol. The number of hydrogen-bond donors (Lipinski definition) is 0. The summed E-state index contributed by atoms with van der Waals surface area (Å²) in [7, 11) is 0. The summed E-state index contributed by atoms with van der Waals surface area (Å²) in [6.07, 6.45) is 0. The van der Waals surface area contributed by atoms with E-state index in [2.05, 4.69) is 10.1 Å². The Kier molecular flexibility index (Phi) is 3.76. The van der Waals surface area contributed by atoms with E-state index in [0.29, 0.717) is 24.9 Å². The van der Waals surface area contributed by atoms with E-state index < -0.39 is 0 Å². The van der Waals surface area contributed by atoms with Crippen LogP contribution in [0.2, 0.25) is 0 Å². The summed E-state index contributed by atoms with van der Waals surface area (Å²) in [5, 5.41) is 3.69. The molecular formula is C9H14N2O3. The Morgan fingerprint density at radius 3 is 2.93 bits per heavy atom. The predicted molar refractivity (Wildman–Crippen MR) is 48.7 cm³/mol. The van der Waals surface area contributed by atoms with Crippen molar-refractivity contribution >= 4 is 5.78 Å². The summed E-state index contributed by atoms with van der Waals surface area (Å²) in [5.41, 5.74) is 0. The molecule has 14 heavy (non-hydrogen) atoms. The van der Waals surface area contributed by atoms with Crippen LogP contribution in [0.25, 0.3) is 0 Å². The molecule has 1 aromatic rings. The minimum absolute atomic E-state index is 0.0107. The van der Waals surface area contributed by atoms with Crippen molar-refractivity contribution in [3.8, 4) is 0 Å². The van der Waals surface area contributed by atoms with E-state index in [1.807, 2.05) is 6.92 Å². The largest absolute Gasteiger partial charge is 0.374 e. The van der Waals surface area contributed by atoms with Gasteiger partial charge < -0.3 is 9.26 Å². The molecular weight excluding hydrogens is 184 g/mol. The fraction of sp³-hybridized carbons (Fsp3) is 0.667. The van der Waals surface area contributed by atoms with Crippen molar-refractivity contribution in [2.45, 2.75) is 33.3 Å². The Hall–Kier alpha value is -1.23. The van der Waals surface area contributed by atoms with Gasteiger partial charge in [-0.2, -0.15) is 4.98 Å². The molecule has 0 radical (unpaired) electrons. The van der Waals surface area contributed by atoms with Gasteiger partial charge in [0.2, 0.25) is 5.89 Å². The first kappa shape index (κ1) is 10.8. The average Bonchev–Trinajstić information content (AvgIpc) is 2.61. The molecule has 0 amide bonds. The molecule has 0 aliphatic rings. The number of ketones is 1. The number of rotatable bonds is 5. The van der Waals surface area contributed by atoms with E-state index in [1.54, 1.807) is 6.92 Å². The van der Waals surface area contributed by atoms with Gasteiger partial charge >= 0.3 is 0 Å². The molecule has 1 unspecified atom stereocenters. The van der Waals surface area contributed by atoms with Gasteiger partial charge in [0.15, 0.2) is 5.82 Å². The lowest BCUT2D eigenvalue weighted by Crippen LogP contribution is -2.04. The fourth-order valence-electron chi connectivity index (χ4n) is 0.869. The minimum atomic E-state index is -0.335. The molecule has 1 atom stereocenters. The van der Waals surface area contributed by atoms with Crippen LogP contribution < -0.4 is 0 Å². The van der Waals surface area contributed by atoms with E-state index >= 15 is 0 Å². The Labute approximate surface area is 82.4 Å². The number of nitrogens with zero attached hydrogens (tertiary/aromatic N) is 2. The van der Waals surface area contributed by atoms with Crippen molar-refractivity contribution in [3.05, 3.63) is 11.7 Å². The average molecular weight is 198 g/mol. The molecule has 5 nitrogen and oxygen atoms in total. The molecule has 5 heteroatoms. The Balaban J connectivity index is 2.63. The maximum Gasteiger partial charge on any atom is 0.237 e. The predicted octanol–water partition coefficient (Wildman–Crippen LogP) is 1.30. The number of carbonyl (C=O) groups is 1. The van der Waals surface area contributed by atoms with Gasteiger partial charge in [-0.25, -0.2) is 0 Å². The normalized spacial score (nSPS) is 12.8. The van der Waals surface area contributed by atoms with E-state index in [4.69, 9.17) is 9.26 Å². The molecule has 0 N–H and O–H groups in total. The van der Waals surface area contributed by atoms with Crippen LogP contribution in [0.5, 0.6) is 0 Å². The quantitative estimate of drug-likeness (QED) is 0.713. The summed E-state index contributed by atoms with van der Waals surface area (Å²) in [5.74, 6) is 0.511. The lowest BCUT2D eigenvalue weighted by atomic mass is 10.1. The third-order valence-electron chi connectivity index (χ3n) is 1.90. The molecule has 0 saturated heterocycles. The first-order chi connectivity index (χ1) is 6.65. The standard InChI is InChI=1S/C9H14N2O3/c1-4-13-5-8-10-9(14-11-8)6(2)7(3)12/h6H,4-5H2,1-3H3. The Morgan fingerprint density at radius 1 is 1.64 bits per heavy atom. The number of carbonyl (C=O) groups excluding carboxylic acids is 1. The zero-order valence-corrected chi connectivity index (χ0v) is 8.61. The highest BCUT2D eigenvalue weighted by Crippen LogP contribution is 2.13. The van der Waals surface area contributed by atoms with Gasteiger partial charge in [0.25, 0.3) is 0 Å². The van der Waals surface area contributed by atoms with E-state index in [9.17, 15) is 4.79 Å². The van der Waals surface area contributed by atoms with Crippen LogP contribution >= 0.6 is 0 Å². The lowest BCUT2D eigenvalue weighted by molar-refractivity contribution is -0.118. The van der Waals surface area contributed by atoms with Gasteiger partial charge in [0, 0.05) is 6.61 Å². The minimum Gasteiger partial charge on any atom is -0.374 e. The van der Waals surface area contributed by atoms with Crippen LogP contribution in [-0.2, 0) is 16.1 Å². The van der Waals surface area contributed by atoms with Crippen molar-refractivity contribution in [1.29, 1.82) is 0 Å². The van der Waals surface area contributed by atoms with E-state index in [-0.39, 0.29) is 11.7 Å². The SMILES string of the molecule is CCOCc1noc(C(C)C(C)=O)n1. The first-order valence-electron chi connectivity index (χ1n) is 4.55. The van der Waals surface area contributed by atoms with Crippen LogP contribution in [0.3, 0.4) is 0 Å². The van der Waals surface area contributed by atoms with Gasteiger partial charge in [-0.15, -0.1) is 0 Å². The Morgan fingerprint density at radius 2 is 2.36 bits per heavy atom. The zero-order chi connectivity index (χ0) is 10.6. The topological polar surface area (TPSA) is 65.2 Å². The summed E-state index contributed by atoms with van der Waals surface area (Å²) in [6.45, 7) is 6.05. The zero-order valence-electron chi connectivity index (χ0n) is 8.61. The van der Waals surface area contributed by atoms with Gasteiger partial charge in [0.1, 0.15) is 12.4 Å². The van der Waals surface area contributed by atoms with Crippen molar-refractivity contribution in [1.82, 2.24) is 10.1 Å². The first-order valence-corrected chi connectivity index (χ1v) is 4.55. The number of ether oxygens (including phenoxy) is 1. The van der Waals surface area contributed by atoms with E-state index in [1.165, 1.54) is 6.92 Å². The lowest BCUT2D eigenvalue weighted by Gasteiger charge is -1.98. The summed E-state index contributed by atoms with van der Waals surface area (Å²) in [6, 6.07) is 0. The van der Waals surface area contributed by atoms with Crippen molar-refractivity contribution in [2.75, 3.05) is 6.61 Å². The van der Waals surface area contributed by atoms with Crippen molar-refractivity contribution in [3.63, 3.8) is 0 Å². The maximum absolute atomic E-state index is 11.0. The number of hydrogen-bond acceptors (Lipinski definition) is 5. The second kappa shape index (κ2) is 4.85. The number of Topliss-reactive ketones (excluding diaryl/α,β-unsaturated/α-hetero) is 1. The summed E-state index contributed by atoms with van der Waals surface area (Å²) in [4.78, 5) is 15.1. The molecule has 0 spiro atoms. The smallest absolute Gasteiger partial charge is 0.237 e. The fourth-order valence-corrected chi connectivity index (χ4v) is 0.869. The van der Waals surface area contributed by atoms with Crippen LogP contribution in [0, 0.1) is 0 Å². The highest BCUT2D eigenvalue weighted by molar-refractivity contribution is 5.81. The molecule has 0 saturated carbocycles. The molecule has 0 aromatic carbocycles. The van der Waals surface area contributed by atoms with Gasteiger partial charge in [0.05, 0.1) is 5.92 Å². The van der Waals surface area contributed by atoms with Gasteiger partial charge in [-0.3, -0.25) is 4.79 Å². The summed E-state index contributed by atoms with van der Waals surface area (Å²) >= 11 is 0. The van der Waals surface area contributed by atoms with E-state index in [0.717, 1.165) is 0 Å². The summed E-state index contributed by atoms with van der Waals surface area (Å²) < 4.78 is 10.0. The maximum atomic E-state index is 11.0. The van der Waals surface area contributed by atoms with Crippen molar-refractivity contribution in [2.24, 2.45) is 0 Å². The van der Waals surface area contributed by atoms with Gasteiger partial charge in [-0.1, -0.05) is 5.16 Å². The molecule has 0 aliphatic carbocycles. The second-order valence-electron chi connectivity index (χ2n) is 3.02. The third-order valence-corrected chi connectivity index (χ3v) is 1.90. The third kappa shape index (κ3) is 2.63. The highest BCUT2D eigenvalue weighted by atomic mass is 16.5. The highest BCUT2D eigenvalue weighted by Gasteiger charge is 2.17. The molecule has 78 valence electrons. The second-order valence-corrected chi connectivity index (χ2v) is 3.02. The molecule has 0 aliphatic heterocycles.